The molecule has 0 bridgehead atoms. The van der Waals surface area contributed by atoms with Crippen molar-refractivity contribution in [2.75, 3.05) is 12.3 Å². The van der Waals surface area contributed by atoms with E-state index in [0.29, 0.717) is 12.1 Å². The number of phosphoric ester groups is 1. The highest BCUT2D eigenvalue weighted by molar-refractivity contribution is 7.66. The third kappa shape index (κ3) is 5.71. The molecule has 0 amide bonds. The number of hydrogen-bond acceptors (Lipinski definition) is 10. The highest BCUT2D eigenvalue weighted by Crippen LogP contribution is 2.66. The minimum atomic E-state index is -5.57. The van der Waals surface area contributed by atoms with Crippen LogP contribution in [0, 0.1) is 5.92 Å². The Hall–Kier alpha value is -1.70. The highest BCUT2D eigenvalue weighted by Gasteiger charge is 2.41. The van der Waals surface area contributed by atoms with E-state index in [9.17, 15) is 23.4 Å². The molecular formula is C11H16N5O11P3. The number of rotatable bonds is 8. The van der Waals surface area contributed by atoms with E-state index in [1.165, 1.54) is 6.33 Å². The van der Waals surface area contributed by atoms with Crippen molar-refractivity contribution in [2.24, 2.45) is 5.92 Å². The zero-order chi connectivity index (χ0) is 22.3. The van der Waals surface area contributed by atoms with Gasteiger partial charge in [0.1, 0.15) is 5.65 Å². The molecule has 30 heavy (non-hydrogen) atoms. The number of imidazole rings is 1. The standard InChI is InChI=1S/C11H16N5O11P3/c12-11-14-9-8(10(17)15-11)13-5-16(9)7-2-1-6(3-7)4-25-29(21,22)27-30(23,24)26-28(18,19)20/h1-2,5-7H,3-4H2,(H,21,22)(H,23,24)(H2,18,19,20)(H3,12,14,15,17)/t6-,7+/m1/s1. The van der Waals surface area contributed by atoms with Gasteiger partial charge in [0.2, 0.25) is 5.95 Å². The Bertz CT molecular complexity index is 1190. The Morgan fingerprint density at radius 3 is 2.53 bits per heavy atom. The molecule has 0 saturated carbocycles. The van der Waals surface area contributed by atoms with E-state index in [1.54, 1.807) is 16.7 Å². The molecule has 19 heteroatoms. The van der Waals surface area contributed by atoms with Crippen LogP contribution >= 0.6 is 23.5 Å². The van der Waals surface area contributed by atoms with Gasteiger partial charge in [-0.2, -0.15) is 13.6 Å². The van der Waals surface area contributed by atoms with Crippen molar-refractivity contribution in [3.05, 3.63) is 28.8 Å². The van der Waals surface area contributed by atoms with E-state index in [-0.39, 0.29) is 17.5 Å². The van der Waals surface area contributed by atoms with Crippen LogP contribution in [0.4, 0.5) is 5.95 Å². The van der Waals surface area contributed by atoms with Gasteiger partial charge in [-0.25, -0.2) is 18.7 Å². The number of allylic oxidation sites excluding steroid dienone is 1. The molecule has 0 saturated heterocycles. The van der Waals surface area contributed by atoms with Crippen molar-refractivity contribution in [2.45, 2.75) is 12.5 Å². The van der Waals surface area contributed by atoms with Crippen molar-refractivity contribution in [1.82, 2.24) is 19.5 Å². The summed E-state index contributed by atoms with van der Waals surface area (Å²) in [6.07, 6.45) is 5.06. The lowest BCUT2D eigenvalue weighted by Crippen LogP contribution is -2.14. The third-order valence-electron chi connectivity index (χ3n) is 3.84. The fourth-order valence-electron chi connectivity index (χ4n) is 2.78. The monoisotopic (exact) mass is 487 g/mol. The number of nitrogens with one attached hydrogen (secondary N) is 1. The number of phosphoric acid groups is 3. The van der Waals surface area contributed by atoms with E-state index < -0.39 is 41.6 Å². The van der Waals surface area contributed by atoms with Crippen molar-refractivity contribution in [3.63, 3.8) is 0 Å². The van der Waals surface area contributed by atoms with Crippen molar-refractivity contribution in [3.8, 4) is 0 Å². The Kier molecular flexibility index (Phi) is 6.20. The minimum Gasteiger partial charge on any atom is -0.369 e. The Morgan fingerprint density at radius 1 is 1.17 bits per heavy atom. The van der Waals surface area contributed by atoms with Crippen molar-refractivity contribution < 1.29 is 46.4 Å². The second-order valence-electron chi connectivity index (χ2n) is 6.11. The van der Waals surface area contributed by atoms with Gasteiger partial charge in [0.25, 0.3) is 0 Å². The first kappa shape index (κ1) is 23.0. The molecular weight excluding hydrogens is 471 g/mol. The van der Waals surface area contributed by atoms with Gasteiger partial charge in [0, 0.05) is 5.92 Å². The van der Waals surface area contributed by atoms with E-state index >= 15 is 0 Å². The maximum Gasteiger partial charge on any atom is 0.490 e. The SMILES string of the molecule is Nc1nc(=O)c2ncn([C@H]3C=C[C@@H](COP(=O)(O)OP(=O)(O)OP(=O)(O)O)C3)c2[nH]1. The number of nitrogens with two attached hydrogens (primary N) is 1. The first-order chi connectivity index (χ1) is 13.7. The molecule has 2 aromatic heterocycles. The summed E-state index contributed by atoms with van der Waals surface area (Å²) in [7, 11) is -16.2. The number of aromatic amines is 1. The lowest BCUT2D eigenvalue weighted by atomic mass is 10.1. The maximum absolute atomic E-state index is 11.8. The Morgan fingerprint density at radius 2 is 1.87 bits per heavy atom. The first-order valence-corrected chi connectivity index (χ1v) is 12.5. The van der Waals surface area contributed by atoms with Crippen LogP contribution < -0.4 is 11.3 Å². The van der Waals surface area contributed by atoms with Gasteiger partial charge in [0.05, 0.1) is 19.0 Å². The summed E-state index contributed by atoms with van der Waals surface area (Å²) in [6, 6.07) is -0.332. The zero-order valence-corrected chi connectivity index (χ0v) is 17.4. The molecule has 0 aromatic carbocycles. The minimum absolute atomic E-state index is 0.0781. The van der Waals surface area contributed by atoms with Crippen LogP contribution in [0.1, 0.15) is 12.5 Å². The van der Waals surface area contributed by atoms with Gasteiger partial charge in [0.15, 0.2) is 5.52 Å². The topological polar surface area (TPSA) is 249 Å². The number of anilines is 1. The molecule has 0 radical (unpaired) electrons. The van der Waals surface area contributed by atoms with Gasteiger partial charge in [-0.3, -0.25) is 9.32 Å². The maximum atomic E-state index is 11.8. The lowest BCUT2D eigenvalue weighted by molar-refractivity contribution is 0.159. The molecule has 3 rings (SSSR count). The van der Waals surface area contributed by atoms with E-state index in [0.717, 1.165) is 0 Å². The summed E-state index contributed by atoms with van der Waals surface area (Å²) in [4.78, 5) is 57.7. The van der Waals surface area contributed by atoms with Crippen LogP contribution in [0.2, 0.25) is 0 Å². The van der Waals surface area contributed by atoms with Gasteiger partial charge >= 0.3 is 29.0 Å². The average Bonchev–Trinajstić information content (AvgIpc) is 3.15. The van der Waals surface area contributed by atoms with Crippen LogP contribution in [-0.2, 0) is 26.8 Å². The lowest BCUT2D eigenvalue weighted by Gasteiger charge is -2.18. The van der Waals surface area contributed by atoms with Crippen LogP contribution in [0.3, 0.4) is 0 Å². The quantitative estimate of drug-likeness (QED) is 0.214. The zero-order valence-electron chi connectivity index (χ0n) is 14.7. The summed E-state index contributed by atoms with van der Waals surface area (Å²) in [5.74, 6) is -0.552. The van der Waals surface area contributed by atoms with Crippen LogP contribution in [0.15, 0.2) is 23.3 Å². The molecule has 4 atom stereocenters. The molecule has 0 spiro atoms. The van der Waals surface area contributed by atoms with Gasteiger partial charge in [-0.1, -0.05) is 12.2 Å². The second kappa shape index (κ2) is 8.09. The largest absolute Gasteiger partial charge is 0.490 e. The van der Waals surface area contributed by atoms with Crippen LogP contribution in [0.5, 0.6) is 0 Å². The van der Waals surface area contributed by atoms with Crippen LogP contribution in [0.25, 0.3) is 11.2 Å². The summed E-state index contributed by atoms with van der Waals surface area (Å²) in [5.41, 5.74) is 5.34. The average molecular weight is 487 g/mol. The number of hydrogen-bond donors (Lipinski definition) is 6. The molecule has 2 unspecified atom stereocenters. The smallest absolute Gasteiger partial charge is 0.369 e. The normalized spacial score (nSPS) is 23.5. The third-order valence-corrected chi connectivity index (χ3v) is 7.64. The molecule has 7 N–H and O–H groups in total. The predicted octanol–water partition coefficient (Wildman–Crippen LogP) is 0.162. The fraction of sp³-hybridized carbons (Fsp3) is 0.364. The van der Waals surface area contributed by atoms with Gasteiger partial charge in [-0.15, -0.1) is 0 Å². The van der Waals surface area contributed by atoms with E-state index in [4.69, 9.17) is 20.4 Å². The summed E-state index contributed by atoms with van der Waals surface area (Å²) < 4.78 is 47.2. The van der Waals surface area contributed by atoms with Gasteiger partial charge < -0.3 is 34.9 Å². The number of fused-ring (bicyclic) bond motifs is 1. The number of nitrogens with zero attached hydrogens (tertiary/aromatic N) is 3. The summed E-state index contributed by atoms with van der Waals surface area (Å²) in [6.45, 7) is -0.441. The second-order valence-corrected chi connectivity index (χ2v) is 10.5. The van der Waals surface area contributed by atoms with Crippen molar-refractivity contribution in [1.29, 1.82) is 0 Å². The van der Waals surface area contributed by atoms with E-state index in [2.05, 4.69) is 28.1 Å². The first-order valence-electron chi connectivity index (χ1n) is 7.94. The summed E-state index contributed by atoms with van der Waals surface area (Å²) >= 11 is 0. The number of nitrogen functional groups attached to an aromatic ring is 1. The molecule has 0 fully saturated rings. The molecule has 2 heterocycles. The Labute approximate surface area is 166 Å². The number of aromatic nitrogens is 4. The molecule has 16 nitrogen and oxygen atoms in total. The summed E-state index contributed by atoms with van der Waals surface area (Å²) in [5, 5.41) is 0. The van der Waals surface area contributed by atoms with E-state index in [1.807, 2.05) is 0 Å². The van der Waals surface area contributed by atoms with Crippen LogP contribution in [-0.4, -0.2) is 45.7 Å². The highest BCUT2D eigenvalue weighted by atomic mass is 31.3. The molecule has 166 valence electrons. The van der Waals surface area contributed by atoms with Gasteiger partial charge in [-0.05, 0) is 6.42 Å². The number of H-pyrrole nitrogens is 1. The molecule has 2 aromatic rings. The fourth-order valence-corrected chi connectivity index (χ4v) is 5.85. The predicted molar refractivity (Wildman–Crippen MR) is 98.7 cm³/mol. The Balaban J connectivity index is 1.63. The molecule has 1 aliphatic carbocycles. The molecule has 0 aliphatic heterocycles. The molecule has 1 aliphatic rings. The van der Waals surface area contributed by atoms with Crippen molar-refractivity contribution >= 4 is 40.6 Å².